The van der Waals surface area contributed by atoms with Crippen LogP contribution in [0.15, 0.2) is 121 Å². The van der Waals surface area contributed by atoms with Crippen LogP contribution in [-0.4, -0.2) is 29.4 Å². The molecule has 0 atom stereocenters. The molecule has 4 aromatic rings. The van der Waals surface area contributed by atoms with Crippen LogP contribution in [0, 0.1) is 0 Å². The lowest BCUT2D eigenvalue weighted by Crippen LogP contribution is -2.91. The van der Waals surface area contributed by atoms with E-state index < -0.39 is 29.4 Å². The van der Waals surface area contributed by atoms with Gasteiger partial charge in [0, 0.05) is 14.2 Å². The molecule has 4 aromatic carbocycles. The van der Waals surface area contributed by atoms with Gasteiger partial charge in [-0.05, 0) is 0 Å². The highest BCUT2D eigenvalue weighted by Gasteiger charge is 2.65. The summed E-state index contributed by atoms with van der Waals surface area (Å²) in [7, 11) is -7.83. The lowest BCUT2D eigenvalue weighted by Gasteiger charge is -2.59. The second kappa shape index (κ2) is 10.6. The molecular weight excluding hydrogens is 497 g/mol. The first-order valence-electron chi connectivity index (χ1n) is 13.5. The van der Waals surface area contributed by atoms with Crippen LogP contribution in [0.5, 0.6) is 0 Å². The van der Waals surface area contributed by atoms with Gasteiger partial charge in [0.05, 0.1) is 0 Å². The summed E-state index contributed by atoms with van der Waals surface area (Å²) < 4.78 is 0. The monoisotopic (exact) mass is 538 g/mol. The van der Waals surface area contributed by atoms with Gasteiger partial charge in [-0.3, -0.25) is 0 Å². The first-order chi connectivity index (χ1) is 17.3. The minimum atomic E-state index is -2.04. The van der Waals surface area contributed by atoms with Crippen molar-refractivity contribution in [2.75, 3.05) is 0 Å². The molecule has 0 aliphatic rings. The molecule has 0 aromatic heterocycles. The van der Waals surface area contributed by atoms with Gasteiger partial charge in [0.2, 0.25) is 0 Å². The number of rotatable bonds is 9. The molecule has 0 aliphatic carbocycles. The van der Waals surface area contributed by atoms with E-state index in [4.69, 9.17) is 0 Å². The van der Waals surface area contributed by atoms with Crippen molar-refractivity contribution in [3.8, 4) is 0 Å². The Kier molecular flexibility index (Phi) is 7.91. The van der Waals surface area contributed by atoms with Crippen LogP contribution in [-0.2, 0) is 0 Å². The summed E-state index contributed by atoms with van der Waals surface area (Å²) in [5, 5.41) is 6.60. The predicted octanol–water partition coefficient (Wildman–Crippen LogP) is 6.20. The molecule has 0 spiro atoms. The number of benzene rings is 4. The van der Waals surface area contributed by atoms with Gasteiger partial charge in [0.1, 0.15) is 15.2 Å². The first kappa shape index (κ1) is 26.8. The maximum Gasteiger partial charge on any atom is 0.107 e. The van der Waals surface area contributed by atoms with Crippen LogP contribution in [0.4, 0.5) is 0 Å². The van der Waals surface area contributed by atoms with E-state index in [0.29, 0.717) is 0 Å². The third kappa shape index (κ3) is 3.99. The standard InChI is InChI=1S/C32H42Si4/c1-7-35(29-21-13-9-14-22-29,30-23-15-10-16-24-30)33(3,4)34(5,6)36(8-2,31-25-17-11-18-26-31)32-27-19-12-20-28-32/h9-28H,7-8H2,1-6H3. The molecule has 0 fully saturated rings. The Morgan fingerprint density at radius 1 is 0.361 bits per heavy atom. The molecular formula is C32H42Si4. The van der Waals surface area contributed by atoms with Gasteiger partial charge in [0.15, 0.2) is 0 Å². The average molecular weight is 539 g/mol. The second-order valence-electron chi connectivity index (χ2n) is 11.2. The third-order valence-corrected chi connectivity index (χ3v) is 73.6. The van der Waals surface area contributed by atoms with E-state index in [1.807, 2.05) is 0 Å². The van der Waals surface area contributed by atoms with E-state index in [1.165, 1.54) is 12.1 Å². The van der Waals surface area contributed by atoms with Gasteiger partial charge in [-0.2, -0.15) is 0 Å². The number of hydrogen-bond donors (Lipinski definition) is 0. The zero-order valence-corrected chi connectivity index (χ0v) is 27.0. The van der Waals surface area contributed by atoms with Crippen molar-refractivity contribution in [2.24, 2.45) is 0 Å². The molecule has 0 nitrogen and oxygen atoms in total. The highest BCUT2D eigenvalue weighted by atomic mass is 29.8. The molecule has 36 heavy (non-hydrogen) atoms. The van der Waals surface area contributed by atoms with Crippen molar-refractivity contribution in [1.82, 2.24) is 0 Å². The van der Waals surface area contributed by atoms with Crippen molar-refractivity contribution in [3.05, 3.63) is 121 Å². The fourth-order valence-electron chi connectivity index (χ4n) is 7.43. The molecule has 0 aliphatic heterocycles. The zero-order chi connectivity index (χ0) is 25.9. The normalized spacial score (nSPS) is 12.9. The van der Waals surface area contributed by atoms with E-state index in [2.05, 4.69) is 161 Å². The van der Waals surface area contributed by atoms with Crippen molar-refractivity contribution < 1.29 is 0 Å². The smallest absolute Gasteiger partial charge is 0.0727 e. The SMILES string of the molecule is CC[Si](c1ccccc1)(c1ccccc1)[Si](C)(C)[Si](C)(C)[Si](CC)(c1ccccc1)c1ccccc1. The molecule has 0 heterocycles. The topological polar surface area (TPSA) is 0 Å². The summed E-state index contributed by atoms with van der Waals surface area (Å²) in [6, 6.07) is 49.4. The Balaban J connectivity index is 2.09. The van der Waals surface area contributed by atoms with Crippen molar-refractivity contribution in [1.29, 1.82) is 0 Å². The quantitative estimate of drug-likeness (QED) is 0.222. The highest BCUT2D eigenvalue weighted by Crippen LogP contribution is 2.38. The molecule has 0 radical (unpaired) electrons. The maximum absolute atomic E-state index is 2.82. The molecule has 0 bridgehead atoms. The molecule has 4 rings (SSSR count). The van der Waals surface area contributed by atoms with Crippen LogP contribution in [0.25, 0.3) is 0 Å². The van der Waals surface area contributed by atoms with Crippen LogP contribution in [0.3, 0.4) is 0 Å². The molecule has 0 unspecified atom stereocenters. The van der Waals surface area contributed by atoms with Gasteiger partial charge in [0.25, 0.3) is 0 Å². The largest absolute Gasteiger partial charge is 0.107 e. The summed E-state index contributed by atoms with van der Waals surface area (Å²) >= 11 is 0. The van der Waals surface area contributed by atoms with E-state index in [1.54, 1.807) is 20.7 Å². The lowest BCUT2D eigenvalue weighted by atomic mass is 10.4. The van der Waals surface area contributed by atoms with Gasteiger partial charge in [-0.25, -0.2) is 0 Å². The Hall–Kier alpha value is -2.25. The fraction of sp³-hybridized carbons (Fsp3) is 0.250. The maximum atomic E-state index is 2.82. The van der Waals surface area contributed by atoms with Gasteiger partial charge >= 0.3 is 0 Å². The first-order valence-corrected chi connectivity index (χ1v) is 26.9. The van der Waals surface area contributed by atoms with Crippen molar-refractivity contribution >= 4 is 50.1 Å². The van der Waals surface area contributed by atoms with E-state index in [0.717, 1.165) is 0 Å². The fourth-order valence-corrected chi connectivity index (χ4v) is 81.0. The highest BCUT2D eigenvalue weighted by molar-refractivity contribution is 7.88. The molecule has 0 saturated carbocycles. The average Bonchev–Trinajstić information content (AvgIpc) is 2.92. The molecule has 0 N–H and O–H groups in total. The summed E-state index contributed by atoms with van der Waals surface area (Å²) in [5.41, 5.74) is 0. The Labute approximate surface area is 222 Å². The van der Waals surface area contributed by atoms with Crippen LogP contribution >= 0.6 is 0 Å². The van der Waals surface area contributed by atoms with Crippen molar-refractivity contribution in [3.63, 3.8) is 0 Å². The minimum Gasteiger partial charge on any atom is -0.0727 e. The van der Waals surface area contributed by atoms with Gasteiger partial charge < -0.3 is 0 Å². The number of hydrogen-bond acceptors (Lipinski definition) is 0. The predicted molar refractivity (Wildman–Crippen MR) is 172 cm³/mol. The van der Waals surface area contributed by atoms with E-state index >= 15 is 0 Å². The molecule has 4 heteroatoms. The third-order valence-electron chi connectivity index (χ3n) is 9.82. The van der Waals surface area contributed by atoms with Crippen LogP contribution in [0.1, 0.15) is 13.8 Å². The molecule has 0 amide bonds. The summed E-state index contributed by atoms with van der Waals surface area (Å²) in [4.78, 5) is 0. The molecule has 0 saturated heterocycles. The second-order valence-corrected chi connectivity index (χ2v) is 48.2. The lowest BCUT2D eigenvalue weighted by molar-refractivity contribution is 1.40. The van der Waals surface area contributed by atoms with Crippen molar-refractivity contribution in [2.45, 2.75) is 52.1 Å². The van der Waals surface area contributed by atoms with Gasteiger partial charge in [-0.1, -0.05) is 194 Å². The Bertz CT molecular complexity index is 1060. The van der Waals surface area contributed by atoms with E-state index in [9.17, 15) is 0 Å². The summed E-state index contributed by atoms with van der Waals surface area (Å²) in [6.07, 6.45) is 0. The van der Waals surface area contributed by atoms with Crippen LogP contribution < -0.4 is 20.7 Å². The Morgan fingerprint density at radius 2 is 0.556 bits per heavy atom. The van der Waals surface area contributed by atoms with Gasteiger partial charge in [-0.15, -0.1) is 0 Å². The summed E-state index contributed by atoms with van der Waals surface area (Å²) in [6.45, 7) is 16.3. The zero-order valence-electron chi connectivity index (χ0n) is 23.0. The minimum absolute atomic E-state index is 1.27. The Morgan fingerprint density at radius 3 is 0.722 bits per heavy atom. The van der Waals surface area contributed by atoms with E-state index in [-0.39, 0.29) is 0 Å². The van der Waals surface area contributed by atoms with Crippen LogP contribution in [0.2, 0.25) is 38.3 Å². The molecule has 186 valence electrons. The summed E-state index contributed by atoms with van der Waals surface area (Å²) in [5.74, 6) is 0.